The number of carbonyl (C=O) groups excluding carboxylic acids is 1. The largest absolute Gasteiger partial charge is 0.508 e. The molecule has 0 radical (unpaired) electrons. The molecule has 5 nitrogen and oxygen atoms in total. The van der Waals surface area contributed by atoms with E-state index in [2.05, 4.69) is 18.0 Å². The average Bonchev–Trinajstić information content (AvgIpc) is 2.80. The highest BCUT2D eigenvalue weighted by Crippen LogP contribution is 2.51. The summed E-state index contributed by atoms with van der Waals surface area (Å²) in [6.45, 7) is 1.90. The van der Waals surface area contributed by atoms with E-state index in [9.17, 15) is 9.90 Å². The monoisotopic (exact) mass is 490 g/mol. The molecule has 2 aliphatic rings. The number of nitrogens with zero attached hydrogens (tertiary/aromatic N) is 2. The lowest BCUT2D eigenvalue weighted by Crippen LogP contribution is -2.61. The van der Waals surface area contributed by atoms with Crippen molar-refractivity contribution in [1.82, 2.24) is 9.80 Å². The van der Waals surface area contributed by atoms with Crippen LogP contribution in [-0.4, -0.2) is 67.3 Å². The molecule has 0 spiro atoms. The van der Waals surface area contributed by atoms with Gasteiger partial charge < -0.3 is 19.6 Å². The standard InChI is InChI=1S/C26H32Cl2N2O3/c1-29-10-9-26(18-5-4-6-20(31)13-18)15-19(14-24(33-3)21(26)16-29)30(2)25(32)12-17-7-8-22(27)23(28)11-17/h4-8,11,13,19,21,24,31H,9-10,12,14-16H2,1-3H3/t19-,21+,24?,26+/m1/s1. The number of aromatic hydroxyl groups is 1. The van der Waals surface area contributed by atoms with E-state index in [4.69, 9.17) is 27.9 Å². The van der Waals surface area contributed by atoms with Gasteiger partial charge in [-0.3, -0.25) is 4.79 Å². The summed E-state index contributed by atoms with van der Waals surface area (Å²) in [4.78, 5) is 17.5. The zero-order valence-corrected chi connectivity index (χ0v) is 20.9. The van der Waals surface area contributed by atoms with Crippen molar-refractivity contribution >= 4 is 29.1 Å². The number of piperidine rings is 1. The van der Waals surface area contributed by atoms with Crippen LogP contribution in [0.25, 0.3) is 0 Å². The number of hydrogen-bond acceptors (Lipinski definition) is 4. The molecule has 2 fully saturated rings. The number of phenols is 1. The van der Waals surface area contributed by atoms with Crippen molar-refractivity contribution in [3.05, 3.63) is 63.6 Å². The summed E-state index contributed by atoms with van der Waals surface area (Å²) in [6.07, 6.45) is 2.89. The Bertz CT molecular complexity index is 1020. The van der Waals surface area contributed by atoms with Crippen molar-refractivity contribution in [1.29, 1.82) is 0 Å². The van der Waals surface area contributed by atoms with Gasteiger partial charge >= 0.3 is 0 Å². The molecular weight excluding hydrogens is 459 g/mol. The van der Waals surface area contributed by atoms with Gasteiger partial charge in [0.25, 0.3) is 0 Å². The van der Waals surface area contributed by atoms with E-state index >= 15 is 0 Å². The van der Waals surface area contributed by atoms with Crippen molar-refractivity contribution < 1.29 is 14.6 Å². The van der Waals surface area contributed by atoms with Crippen molar-refractivity contribution in [2.45, 2.75) is 43.2 Å². The van der Waals surface area contributed by atoms with Crippen LogP contribution in [0.2, 0.25) is 10.0 Å². The first-order chi connectivity index (χ1) is 15.7. The molecule has 178 valence electrons. The van der Waals surface area contributed by atoms with Crippen molar-refractivity contribution in [2.24, 2.45) is 5.92 Å². The summed E-state index contributed by atoms with van der Waals surface area (Å²) in [5.74, 6) is 0.614. The molecule has 0 aromatic heterocycles. The molecule has 1 amide bonds. The fraction of sp³-hybridized carbons (Fsp3) is 0.500. The smallest absolute Gasteiger partial charge is 0.226 e. The summed E-state index contributed by atoms with van der Waals surface area (Å²) in [6, 6.07) is 13.0. The number of amides is 1. The van der Waals surface area contributed by atoms with Crippen molar-refractivity contribution in [2.75, 3.05) is 34.3 Å². The molecule has 1 N–H and O–H groups in total. The number of rotatable bonds is 5. The molecule has 2 aromatic carbocycles. The second-order valence-corrected chi connectivity index (χ2v) is 10.4. The van der Waals surface area contributed by atoms with Crippen LogP contribution in [0.3, 0.4) is 0 Å². The van der Waals surface area contributed by atoms with Gasteiger partial charge in [-0.15, -0.1) is 0 Å². The average molecular weight is 491 g/mol. The number of carbonyl (C=O) groups is 1. The highest BCUT2D eigenvalue weighted by atomic mass is 35.5. The minimum Gasteiger partial charge on any atom is -0.508 e. The van der Waals surface area contributed by atoms with Gasteiger partial charge in [0.15, 0.2) is 0 Å². The first-order valence-corrected chi connectivity index (χ1v) is 12.2. The Balaban J connectivity index is 1.62. The minimum atomic E-state index is -0.160. The number of likely N-dealkylation sites (tertiary alicyclic amines) is 1. The highest BCUT2D eigenvalue weighted by molar-refractivity contribution is 6.42. The third-order valence-corrected chi connectivity index (χ3v) is 8.45. The summed E-state index contributed by atoms with van der Waals surface area (Å²) < 4.78 is 6.03. The van der Waals surface area contributed by atoms with Crippen LogP contribution < -0.4 is 0 Å². The van der Waals surface area contributed by atoms with E-state index in [1.54, 1.807) is 25.3 Å². The van der Waals surface area contributed by atoms with Gasteiger partial charge in [-0.05, 0) is 68.2 Å². The molecule has 1 unspecified atom stereocenters. The number of halogens is 2. The van der Waals surface area contributed by atoms with Gasteiger partial charge in [-0.2, -0.15) is 0 Å². The molecule has 1 saturated heterocycles. The van der Waals surface area contributed by atoms with Crippen molar-refractivity contribution in [3.63, 3.8) is 0 Å². The summed E-state index contributed by atoms with van der Waals surface area (Å²) >= 11 is 12.2. The maximum Gasteiger partial charge on any atom is 0.226 e. The number of benzene rings is 2. The maximum atomic E-state index is 13.3. The van der Waals surface area contributed by atoms with Crippen LogP contribution in [0.5, 0.6) is 5.75 Å². The van der Waals surface area contributed by atoms with Crippen molar-refractivity contribution in [3.8, 4) is 5.75 Å². The Labute approximate surface area is 206 Å². The molecule has 1 aliphatic heterocycles. The third kappa shape index (κ3) is 4.88. The van der Waals surface area contributed by atoms with Gasteiger partial charge in [0.05, 0.1) is 22.6 Å². The second-order valence-electron chi connectivity index (χ2n) is 9.62. The van der Waals surface area contributed by atoms with Gasteiger partial charge in [-0.1, -0.05) is 41.4 Å². The normalized spacial score (nSPS) is 27.7. The predicted molar refractivity (Wildman–Crippen MR) is 132 cm³/mol. The van der Waals surface area contributed by atoms with Crippen LogP contribution in [0, 0.1) is 5.92 Å². The van der Waals surface area contributed by atoms with E-state index in [0.717, 1.165) is 43.5 Å². The fourth-order valence-electron chi connectivity index (χ4n) is 5.84. The topological polar surface area (TPSA) is 53.0 Å². The molecule has 0 bridgehead atoms. The Kier molecular flexibility index (Phi) is 7.25. The number of likely N-dealkylation sites (N-methyl/N-ethyl adjacent to an activating group) is 1. The van der Waals surface area contributed by atoms with E-state index in [0.29, 0.717) is 10.0 Å². The number of hydrogen-bond donors (Lipinski definition) is 1. The lowest BCUT2D eigenvalue weighted by atomic mass is 9.56. The fourth-order valence-corrected chi connectivity index (χ4v) is 6.16. The predicted octanol–water partition coefficient (Wildman–Crippen LogP) is 4.77. The maximum absolute atomic E-state index is 13.3. The highest BCUT2D eigenvalue weighted by Gasteiger charge is 2.53. The van der Waals surface area contributed by atoms with E-state index in [1.165, 1.54) is 0 Å². The van der Waals surface area contributed by atoms with Crippen LogP contribution >= 0.6 is 23.2 Å². The zero-order valence-electron chi connectivity index (χ0n) is 19.4. The van der Waals surface area contributed by atoms with Crippen LogP contribution in [0.15, 0.2) is 42.5 Å². The summed E-state index contributed by atoms with van der Waals surface area (Å²) in [5.41, 5.74) is 1.82. The first-order valence-electron chi connectivity index (χ1n) is 11.4. The molecular formula is C26H32Cl2N2O3. The number of methoxy groups -OCH3 is 1. The van der Waals surface area contributed by atoms with E-state index in [1.807, 2.05) is 30.1 Å². The Hall–Kier alpha value is -1.79. The summed E-state index contributed by atoms with van der Waals surface area (Å²) in [7, 11) is 5.81. The quantitative estimate of drug-likeness (QED) is 0.655. The van der Waals surface area contributed by atoms with E-state index < -0.39 is 0 Å². The van der Waals surface area contributed by atoms with Gasteiger partial charge in [0.1, 0.15) is 5.75 Å². The third-order valence-electron chi connectivity index (χ3n) is 7.72. The molecule has 7 heteroatoms. The van der Waals surface area contributed by atoms with E-state index in [-0.39, 0.29) is 41.6 Å². The summed E-state index contributed by atoms with van der Waals surface area (Å²) in [5, 5.41) is 11.2. The second kappa shape index (κ2) is 9.83. The molecule has 1 heterocycles. The molecule has 4 rings (SSSR count). The minimum absolute atomic E-state index is 0.0223. The SMILES string of the molecule is COC1C[C@@H](N(C)C(=O)Cc2ccc(Cl)c(Cl)c2)C[C@]2(c3cccc(O)c3)CCN(C)C[C@@H]12. The lowest BCUT2D eigenvalue weighted by molar-refractivity contribution is -0.136. The van der Waals surface area contributed by atoms with Crippen LogP contribution in [-0.2, 0) is 21.4 Å². The molecule has 4 atom stereocenters. The van der Waals surface area contributed by atoms with Crippen LogP contribution in [0.1, 0.15) is 30.4 Å². The van der Waals surface area contributed by atoms with Crippen LogP contribution in [0.4, 0.5) is 0 Å². The Morgan fingerprint density at radius 1 is 1.24 bits per heavy atom. The molecule has 33 heavy (non-hydrogen) atoms. The Morgan fingerprint density at radius 2 is 2.03 bits per heavy atom. The zero-order chi connectivity index (χ0) is 23.8. The molecule has 1 aliphatic carbocycles. The lowest BCUT2D eigenvalue weighted by Gasteiger charge is -2.56. The number of fused-ring (bicyclic) bond motifs is 1. The molecule has 1 saturated carbocycles. The number of phenolic OH excluding ortho intramolecular Hbond substituents is 1. The van der Waals surface area contributed by atoms with Gasteiger partial charge in [0.2, 0.25) is 5.91 Å². The Morgan fingerprint density at radius 3 is 2.73 bits per heavy atom. The first kappa shape index (κ1) is 24.3. The van der Waals surface area contributed by atoms with Gasteiger partial charge in [-0.25, -0.2) is 0 Å². The van der Waals surface area contributed by atoms with Gasteiger partial charge in [0, 0.05) is 38.1 Å². The molecule has 2 aromatic rings. The number of ether oxygens (including phenoxy) is 1.